The summed E-state index contributed by atoms with van der Waals surface area (Å²) in [4.78, 5) is 0. The van der Waals surface area contributed by atoms with Gasteiger partial charge in [-0.05, 0) is 56.8 Å². The molecule has 1 aromatic carbocycles. The molecule has 1 nitrogen and oxygen atoms in total. The second-order valence-electron chi connectivity index (χ2n) is 5.13. The molecule has 0 unspecified atom stereocenters. The molecule has 0 spiro atoms. The summed E-state index contributed by atoms with van der Waals surface area (Å²) < 4.78 is 0. The number of hydrogen-bond acceptors (Lipinski definition) is 1. The SMILES string of the molecule is Cc1ccc(CCCNCC(C)C)c(C)c1. The third kappa shape index (κ3) is 4.80. The van der Waals surface area contributed by atoms with Crippen molar-refractivity contribution in [3.05, 3.63) is 34.9 Å². The van der Waals surface area contributed by atoms with Crippen LogP contribution in [0.1, 0.15) is 37.0 Å². The molecule has 0 heterocycles. The van der Waals surface area contributed by atoms with E-state index >= 15 is 0 Å². The van der Waals surface area contributed by atoms with E-state index in [1.807, 2.05) is 0 Å². The van der Waals surface area contributed by atoms with E-state index in [-0.39, 0.29) is 0 Å². The third-order valence-electron chi connectivity index (χ3n) is 2.85. The monoisotopic (exact) mass is 219 g/mol. The fourth-order valence-electron chi connectivity index (χ4n) is 1.92. The molecule has 0 saturated heterocycles. The number of aryl methyl sites for hydroxylation is 3. The summed E-state index contributed by atoms with van der Waals surface area (Å²) in [6.45, 7) is 11.1. The first-order valence-corrected chi connectivity index (χ1v) is 6.36. The first kappa shape index (κ1) is 13.2. The van der Waals surface area contributed by atoms with Gasteiger partial charge in [0.25, 0.3) is 0 Å². The van der Waals surface area contributed by atoms with Gasteiger partial charge in [-0.25, -0.2) is 0 Å². The lowest BCUT2D eigenvalue weighted by Crippen LogP contribution is -2.21. The highest BCUT2D eigenvalue weighted by atomic mass is 14.8. The van der Waals surface area contributed by atoms with Crippen molar-refractivity contribution in [2.24, 2.45) is 5.92 Å². The number of nitrogens with one attached hydrogen (secondary N) is 1. The Labute approximate surface area is 100 Å². The zero-order valence-corrected chi connectivity index (χ0v) is 11.1. The van der Waals surface area contributed by atoms with Gasteiger partial charge < -0.3 is 5.32 Å². The van der Waals surface area contributed by atoms with E-state index in [4.69, 9.17) is 0 Å². The van der Waals surface area contributed by atoms with E-state index in [0.29, 0.717) is 0 Å². The molecule has 0 atom stereocenters. The second kappa shape index (κ2) is 6.70. The van der Waals surface area contributed by atoms with Gasteiger partial charge in [0.15, 0.2) is 0 Å². The maximum Gasteiger partial charge on any atom is -0.00258 e. The molecule has 0 saturated carbocycles. The van der Waals surface area contributed by atoms with Crippen molar-refractivity contribution in [1.29, 1.82) is 0 Å². The quantitative estimate of drug-likeness (QED) is 0.722. The van der Waals surface area contributed by atoms with Crippen LogP contribution in [0.15, 0.2) is 18.2 Å². The van der Waals surface area contributed by atoms with Gasteiger partial charge in [0.1, 0.15) is 0 Å². The van der Waals surface area contributed by atoms with Crippen molar-refractivity contribution in [2.45, 2.75) is 40.5 Å². The molecule has 0 aliphatic carbocycles. The highest BCUT2D eigenvalue weighted by molar-refractivity contribution is 5.30. The van der Waals surface area contributed by atoms with Crippen molar-refractivity contribution in [2.75, 3.05) is 13.1 Å². The van der Waals surface area contributed by atoms with Crippen molar-refractivity contribution in [3.8, 4) is 0 Å². The van der Waals surface area contributed by atoms with Crippen LogP contribution in [0.3, 0.4) is 0 Å². The standard InChI is InChI=1S/C15H25N/c1-12(2)11-16-9-5-6-15-8-7-13(3)10-14(15)4/h7-8,10,12,16H,5-6,9,11H2,1-4H3. The summed E-state index contributed by atoms with van der Waals surface area (Å²) in [5, 5.41) is 3.49. The molecule has 1 aromatic rings. The molecule has 16 heavy (non-hydrogen) atoms. The van der Waals surface area contributed by atoms with E-state index in [2.05, 4.69) is 51.2 Å². The maximum atomic E-state index is 3.49. The minimum absolute atomic E-state index is 0.751. The van der Waals surface area contributed by atoms with E-state index in [0.717, 1.165) is 19.0 Å². The van der Waals surface area contributed by atoms with Gasteiger partial charge in [-0.2, -0.15) is 0 Å². The highest BCUT2D eigenvalue weighted by Gasteiger charge is 1.98. The number of rotatable bonds is 6. The summed E-state index contributed by atoms with van der Waals surface area (Å²) in [6.07, 6.45) is 2.42. The topological polar surface area (TPSA) is 12.0 Å². The van der Waals surface area contributed by atoms with Crippen LogP contribution in [0, 0.1) is 19.8 Å². The smallest absolute Gasteiger partial charge is 0.00258 e. The molecule has 0 amide bonds. The molecule has 0 aliphatic heterocycles. The Balaban J connectivity index is 2.27. The number of hydrogen-bond donors (Lipinski definition) is 1. The van der Waals surface area contributed by atoms with Gasteiger partial charge >= 0.3 is 0 Å². The molecular formula is C15H25N. The Bertz CT molecular complexity index is 315. The minimum atomic E-state index is 0.751. The average Bonchev–Trinajstić information content (AvgIpc) is 2.20. The molecule has 0 aliphatic rings. The van der Waals surface area contributed by atoms with Gasteiger partial charge in [-0.3, -0.25) is 0 Å². The summed E-state index contributed by atoms with van der Waals surface area (Å²) in [5.41, 5.74) is 4.29. The minimum Gasteiger partial charge on any atom is -0.316 e. The molecule has 0 aromatic heterocycles. The highest BCUT2D eigenvalue weighted by Crippen LogP contribution is 2.12. The molecule has 1 heteroatoms. The fourth-order valence-corrected chi connectivity index (χ4v) is 1.92. The summed E-state index contributed by atoms with van der Waals surface area (Å²) in [7, 11) is 0. The van der Waals surface area contributed by atoms with Crippen molar-refractivity contribution < 1.29 is 0 Å². The van der Waals surface area contributed by atoms with Gasteiger partial charge in [0.2, 0.25) is 0 Å². The van der Waals surface area contributed by atoms with Crippen LogP contribution < -0.4 is 5.32 Å². The predicted molar refractivity (Wildman–Crippen MR) is 71.9 cm³/mol. The van der Waals surface area contributed by atoms with E-state index < -0.39 is 0 Å². The van der Waals surface area contributed by atoms with Gasteiger partial charge in [0.05, 0.1) is 0 Å². The van der Waals surface area contributed by atoms with Crippen LogP contribution in [-0.2, 0) is 6.42 Å². The zero-order chi connectivity index (χ0) is 12.0. The lowest BCUT2D eigenvalue weighted by Gasteiger charge is -2.09. The van der Waals surface area contributed by atoms with Crippen LogP contribution in [0.4, 0.5) is 0 Å². The Morgan fingerprint density at radius 3 is 2.56 bits per heavy atom. The van der Waals surface area contributed by atoms with Crippen LogP contribution in [0.2, 0.25) is 0 Å². The largest absolute Gasteiger partial charge is 0.316 e. The van der Waals surface area contributed by atoms with Crippen LogP contribution in [0.5, 0.6) is 0 Å². The Hall–Kier alpha value is -0.820. The van der Waals surface area contributed by atoms with Gasteiger partial charge in [0, 0.05) is 0 Å². The van der Waals surface area contributed by atoms with Crippen molar-refractivity contribution >= 4 is 0 Å². The Morgan fingerprint density at radius 1 is 1.19 bits per heavy atom. The molecule has 0 bridgehead atoms. The zero-order valence-electron chi connectivity index (χ0n) is 11.1. The predicted octanol–water partition coefficient (Wildman–Crippen LogP) is 3.48. The molecule has 1 rings (SSSR count). The van der Waals surface area contributed by atoms with Gasteiger partial charge in [-0.15, -0.1) is 0 Å². The Morgan fingerprint density at radius 2 is 1.94 bits per heavy atom. The van der Waals surface area contributed by atoms with E-state index in [1.54, 1.807) is 0 Å². The first-order chi connectivity index (χ1) is 7.59. The maximum absolute atomic E-state index is 3.49. The molecule has 1 N–H and O–H groups in total. The normalized spacial score (nSPS) is 11.1. The average molecular weight is 219 g/mol. The van der Waals surface area contributed by atoms with Crippen LogP contribution >= 0.6 is 0 Å². The van der Waals surface area contributed by atoms with E-state index in [9.17, 15) is 0 Å². The summed E-state index contributed by atoms with van der Waals surface area (Å²) in [5.74, 6) is 0.751. The van der Waals surface area contributed by atoms with Crippen molar-refractivity contribution in [1.82, 2.24) is 5.32 Å². The van der Waals surface area contributed by atoms with E-state index in [1.165, 1.54) is 29.5 Å². The second-order valence-corrected chi connectivity index (χ2v) is 5.13. The fraction of sp³-hybridized carbons (Fsp3) is 0.600. The summed E-state index contributed by atoms with van der Waals surface area (Å²) >= 11 is 0. The van der Waals surface area contributed by atoms with Crippen LogP contribution in [-0.4, -0.2) is 13.1 Å². The Kier molecular flexibility index (Phi) is 5.54. The molecule has 90 valence electrons. The van der Waals surface area contributed by atoms with Gasteiger partial charge in [-0.1, -0.05) is 37.6 Å². The van der Waals surface area contributed by atoms with Crippen LogP contribution in [0.25, 0.3) is 0 Å². The molecular weight excluding hydrogens is 194 g/mol. The van der Waals surface area contributed by atoms with Crippen molar-refractivity contribution in [3.63, 3.8) is 0 Å². The molecule has 0 radical (unpaired) electrons. The lowest BCUT2D eigenvalue weighted by atomic mass is 10.0. The third-order valence-corrected chi connectivity index (χ3v) is 2.85. The summed E-state index contributed by atoms with van der Waals surface area (Å²) in [6, 6.07) is 6.76. The first-order valence-electron chi connectivity index (χ1n) is 6.36. The lowest BCUT2D eigenvalue weighted by molar-refractivity contribution is 0.543. The molecule has 0 fully saturated rings. The number of benzene rings is 1.